The molecule has 0 spiro atoms. The van der Waals surface area contributed by atoms with Crippen LogP contribution < -0.4 is 5.43 Å². The number of rotatable bonds is 2. The second kappa shape index (κ2) is 5.31. The zero-order chi connectivity index (χ0) is 16.7. The molecule has 0 saturated heterocycles. The molecule has 1 N–H and O–H groups in total. The molecule has 2 aromatic carbocycles. The first-order valence-corrected chi connectivity index (χ1v) is 6.74. The largest absolute Gasteiger partial charge is 0.477 e. The van der Waals surface area contributed by atoms with Gasteiger partial charge < -0.3 is 9.67 Å². The van der Waals surface area contributed by atoms with E-state index in [0.29, 0.717) is 17.1 Å². The molecule has 4 nitrogen and oxygen atoms in total. The summed E-state index contributed by atoms with van der Waals surface area (Å²) in [5.41, 5.74) is -0.221. The van der Waals surface area contributed by atoms with E-state index in [1.807, 2.05) is 0 Å². The maximum Gasteiger partial charge on any atom is 0.341 e. The number of carboxylic acids is 1. The van der Waals surface area contributed by atoms with E-state index in [1.165, 1.54) is 10.6 Å². The van der Waals surface area contributed by atoms with Crippen molar-refractivity contribution in [1.82, 2.24) is 4.57 Å². The molecule has 3 rings (SSSR count). The summed E-state index contributed by atoms with van der Waals surface area (Å²) in [5, 5.41) is 9.42. The normalized spacial score (nSPS) is 10.9. The van der Waals surface area contributed by atoms with Crippen LogP contribution in [0.25, 0.3) is 16.6 Å². The summed E-state index contributed by atoms with van der Waals surface area (Å²) in [5.74, 6) is -3.00. The number of aromatic nitrogens is 1. The molecule has 23 heavy (non-hydrogen) atoms. The molecule has 0 radical (unpaired) electrons. The third-order valence-electron chi connectivity index (χ3n) is 3.64. The van der Waals surface area contributed by atoms with Gasteiger partial charge in [-0.05, 0) is 30.7 Å². The molecule has 0 amide bonds. The highest BCUT2D eigenvalue weighted by atomic mass is 19.1. The van der Waals surface area contributed by atoms with Crippen molar-refractivity contribution in [3.05, 3.63) is 75.6 Å². The summed E-state index contributed by atoms with van der Waals surface area (Å²) in [6.07, 6.45) is 1.06. The number of pyridine rings is 1. The van der Waals surface area contributed by atoms with Crippen LogP contribution in [-0.4, -0.2) is 15.6 Å². The maximum absolute atomic E-state index is 14.1. The van der Waals surface area contributed by atoms with Crippen LogP contribution in [0.15, 0.2) is 47.4 Å². The van der Waals surface area contributed by atoms with Gasteiger partial charge in [0, 0.05) is 17.6 Å². The number of benzene rings is 2. The average Bonchev–Trinajstić information content (AvgIpc) is 2.48. The van der Waals surface area contributed by atoms with E-state index >= 15 is 0 Å². The Morgan fingerprint density at radius 1 is 1.17 bits per heavy atom. The lowest BCUT2D eigenvalue weighted by Gasteiger charge is -2.14. The van der Waals surface area contributed by atoms with Gasteiger partial charge in [0.15, 0.2) is 0 Å². The van der Waals surface area contributed by atoms with Gasteiger partial charge in [-0.2, -0.15) is 0 Å². The molecule has 0 atom stereocenters. The van der Waals surface area contributed by atoms with E-state index in [0.717, 1.165) is 12.3 Å². The van der Waals surface area contributed by atoms with Crippen molar-refractivity contribution in [3.8, 4) is 5.69 Å². The highest BCUT2D eigenvalue weighted by Gasteiger charge is 2.18. The van der Waals surface area contributed by atoms with Crippen molar-refractivity contribution in [2.24, 2.45) is 0 Å². The summed E-state index contributed by atoms with van der Waals surface area (Å²) in [6.45, 7) is 1.67. The predicted octanol–water partition coefficient (Wildman–Crippen LogP) is 3.28. The van der Waals surface area contributed by atoms with Crippen molar-refractivity contribution in [3.63, 3.8) is 0 Å². The molecule has 6 heteroatoms. The van der Waals surface area contributed by atoms with E-state index in [9.17, 15) is 23.5 Å². The van der Waals surface area contributed by atoms with Crippen LogP contribution in [0, 0.1) is 18.6 Å². The molecule has 3 aromatic rings. The molecule has 0 bridgehead atoms. The minimum atomic E-state index is -1.41. The Hall–Kier alpha value is -3.02. The van der Waals surface area contributed by atoms with Gasteiger partial charge in [-0.1, -0.05) is 12.1 Å². The summed E-state index contributed by atoms with van der Waals surface area (Å²) in [7, 11) is 0. The van der Waals surface area contributed by atoms with Crippen LogP contribution in [0.1, 0.15) is 15.9 Å². The zero-order valence-corrected chi connectivity index (χ0v) is 12.0. The Bertz CT molecular complexity index is 1010. The van der Waals surface area contributed by atoms with Crippen molar-refractivity contribution >= 4 is 16.9 Å². The van der Waals surface area contributed by atoms with Gasteiger partial charge in [0.2, 0.25) is 5.43 Å². The number of hydrogen-bond acceptors (Lipinski definition) is 2. The van der Waals surface area contributed by atoms with E-state index in [2.05, 4.69) is 0 Å². The lowest BCUT2D eigenvalue weighted by molar-refractivity contribution is 0.0695. The molecule has 0 unspecified atom stereocenters. The molecule has 0 fully saturated rings. The van der Waals surface area contributed by atoms with Crippen molar-refractivity contribution in [1.29, 1.82) is 0 Å². The number of aryl methyl sites for hydroxylation is 1. The van der Waals surface area contributed by atoms with Crippen LogP contribution in [-0.2, 0) is 0 Å². The number of aromatic carboxylic acids is 1. The predicted molar refractivity (Wildman–Crippen MR) is 81.2 cm³/mol. The standard InChI is InChI=1S/C17H11F2NO3/c1-9-3-2-4-14-15(9)16(21)11(17(22)23)8-20(14)13-6-5-10(18)7-12(13)19/h2-8H,1H3,(H,22,23). The smallest absolute Gasteiger partial charge is 0.341 e. The van der Waals surface area contributed by atoms with Gasteiger partial charge in [-0.15, -0.1) is 0 Å². The summed E-state index contributed by atoms with van der Waals surface area (Å²) < 4.78 is 28.5. The quantitative estimate of drug-likeness (QED) is 0.789. The Kier molecular flexibility index (Phi) is 3.44. The minimum absolute atomic E-state index is 0.0375. The van der Waals surface area contributed by atoms with E-state index < -0.39 is 28.6 Å². The van der Waals surface area contributed by atoms with Crippen molar-refractivity contribution in [2.75, 3.05) is 0 Å². The van der Waals surface area contributed by atoms with Crippen LogP contribution in [0.3, 0.4) is 0 Å². The van der Waals surface area contributed by atoms with Crippen LogP contribution in [0.2, 0.25) is 0 Å². The lowest BCUT2D eigenvalue weighted by atomic mass is 10.1. The third-order valence-corrected chi connectivity index (χ3v) is 3.64. The number of carbonyl (C=O) groups is 1. The molecular formula is C17H11F2NO3. The molecule has 116 valence electrons. The fourth-order valence-electron chi connectivity index (χ4n) is 2.57. The number of halogens is 2. The Balaban J connectivity index is 2.50. The molecular weight excluding hydrogens is 304 g/mol. The Morgan fingerprint density at radius 2 is 1.91 bits per heavy atom. The number of hydrogen-bond donors (Lipinski definition) is 1. The number of fused-ring (bicyclic) bond motifs is 1. The molecule has 0 aliphatic rings. The first-order valence-electron chi connectivity index (χ1n) is 6.74. The third kappa shape index (κ3) is 2.38. The Morgan fingerprint density at radius 3 is 2.57 bits per heavy atom. The molecule has 0 aliphatic carbocycles. The molecule has 1 aromatic heterocycles. The molecule has 0 saturated carbocycles. The summed E-state index contributed by atoms with van der Waals surface area (Å²) in [6, 6.07) is 7.89. The van der Waals surface area contributed by atoms with Crippen LogP contribution in [0.5, 0.6) is 0 Å². The molecule has 0 aliphatic heterocycles. The van der Waals surface area contributed by atoms with Crippen molar-refractivity contribution < 1.29 is 18.7 Å². The summed E-state index contributed by atoms with van der Waals surface area (Å²) >= 11 is 0. The lowest BCUT2D eigenvalue weighted by Crippen LogP contribution is -2.19. The maximum atomic E-state index is 14.1. The zero-order valence-electron chi connectivity index (χ0n) is 12.0. The average molecular weight is 315 g/mol. The van der Waals surface area contributed by atoms with Crippen LogP contribution in [0.4, 0.5) is 8.78 Å². The monoisotopic (exact) mass is 315 g/mol. The van der Waals surface area contributed by atoms with E-state index in [4.69, 9.17) is 0 Å². The van der Waals surface area contributed by atoms with Gasteiger partial charge >= 0.3 is 5.97 Å². The number of nitrogens with zero attached hydrogens (tertiary/aromatic N) is 1. The van der Waals surface area contributed by atoms with E-state index in [1.54, 1.807) is 25.1 Å². The highest BCUT2D eigenvalue weighted by Crippen LogP contribution is 2.22. The van der Waals surface area contributed by atoms with Gasteiger partial charge in [-0.3, -0.25) is 4.79 Å². The first-order chi connectivity index (χ1) is 10.9. The van der Waals surface area contributed by atoms with Gasteiger partial charge in [-0.25, -0.2) is 13.6 Å². The van der Waals surface area contributed by atoms with Gasteiger partial charge in [0.05, 0.1) is 11.2 Å². The van der Waals surface area contributed by atoms with Crippen molar-refractivity contribution in [2.45, 2.75) is 6.92 Å². The first kappa shape index (κ1) is 14.9. The van der Waals surface area contributed by atoms with E-state index in [-0.39, 0.29) is 11.1 Å². The molecule has 1 heterocycles. The Labute approximate surface area is 129 Å². The SMILES string of the molecule is Cc1cccc2c1c(=O)c(C(=O)O)cn2-c1ccc(F)cc1F. The fourth-order valence-corrected chi connectivity index (χ4v) is 2.57. The highest BCUT2D eigenvalue weighted by molar-refractivity contribution is 5.94. The second-order valence-electron chi connectivity index (χ2n) is 5.11. The topological polar surface area (TPSA) is 59.3 Å². The minimum Gasteiger partial charge on any atom is -0.477 e. The number of carboxylic acid groups (broad SMARTS) is 1. The summed E-state index contributed by atoms with van der Waals surface area (Å²) in [4.78, 5) is 23.7. The van der Waals surface area contributed by atoms with Gasteiger partial charge in [0.25, 0.3) is 0 Å². The van der Waals surface area contributed by atoms with Crippen LogP contribution >= 0.6 is 0 Å². The second-order valence-corrected chi connectivity index (χ2v) is 5.11. The fraction of sp³-hybridized carbons (Fsp3) is 0.0588. The van der Waals surface area contributed by atoms with Gasteiger partial charge in [0.1, 0.15) is 17.2 Å².